The molecule has 0 spiro atoms. The first kappa shape index (κ1) is 7.35. The summed E-state index contributed by atoms with van der Waals surface area (Å²) in [7, 11) is 6.46. The summed E-state index contributed by atoms with van der Waals surface area (Å²) < 4.78 is 0.727. The van der Waals surface area contributed by atoms with Gasteiger partial charge in [0.2, 0.25) is 0 Å². The first-order valence-electron chi connectivity index (χ1n) is 2.38. The van der Waals surface area contributed by atoms with Crippen LogP contribution in [0, 0.1) is 0 Å². The quantitative estimate of drug-likeness (QED) is 0.295. The van der Waals surface area contributed by atoms with Crippen LogP contribution in [0.2, 0.25) is 0 Å². The third-order valence-electron chi connectivity index (χ3n) is 1.09. The molecule has 0 heterocycles. The average molecular weight is 120 g/mol. The molecule has 0 saturated heterocycles. The normalized spacial score (nSPS) is 12.0. The summed E-state index contributed by atoms with van der Waals surface area (Å²) in [6, 6.07) is 0. The van der Waals surface area contributed by atoms with Crippen molar-refractivity contribution in [1.82, 2.24) is 0 Å². The van der Waals surface area contributed by atoms with Gasteiger partial charge in [-0.15, -0.1) is 0 Å². The van der Waals surface area contributed by atoms with E-state index in [0.29, 0.717) is 0 Å². The Labute approximate surface area is 47.7 Å². The van der Waals surface area contributed by atoms with Gasteiger partial charge in [-0.05, 0) is 6.92 Å². The van der Waals surface area contributed by atoms with E-state index < -0.39 is 0 Å². The fourth-order valence-electron chi connectivity index (χ4n) is 0.0816. The van der Waals surface area contributed by atoms with Crippen LogP contribution in [0.25, 0.3) is 5.20 Å². The van der Waals surface area contributed by atoms with Crippen LogP contribution in [0.1, 0.15) is 6.92 Å². The lowest BCUT2D eigenvalue weighted by Crippen LogP contribution is -2.31. The molecule has 0 saturated carbocycles. The highest BCUT2D eigenvalue weighted by Crippen LogP contribution is 2.10. The minimum Gasteiger partial charge on any atom is -0.433 e. The molecule has 1 unspecified atom stereocenters. The van der Waals surface area contributed by atoms with E-state index in [4.69, 9.17) is 0 Å². The molecule has 0 N–H and O–H groups in total. The molecule has 0 fully saturated rings. The summed E-state index contributed by atoms with van der Waals surface area (Å²) in [5.74, 6) is 0. The lowest BCUT2D eigenvalue weighted by atomic mass is 10.6. The second-order valence-corrected chi connectivity index (χ2v) is 2.28. The van der Waals surface area contributed by atoms with E-state index in [-0.39, 0.29) is 0 Å². The second-order valence-electron chi connectivity index (χ2n) is 2.05. The Morgan fingerprint density at radius 1 is 1.57 bits per heavy atom. The Morgan fingerprint density at radius 2 is 2.00 bits per heavy atom. The van der Waals surface area contributed by atoms with E-state index >= 15 is 0 Å². The molecule has 0 aromatic carbocycles. The molecule has 0 aliphatic heterocycles. The highest BCUT2D eigenvalue weighted by molar-refractivity contribution is 7.19. The van der Waals surface area contributed by atoms with Crippen LogP contribution in [-0.2, 0) is 0 Å². The maximum Gasteiger partial charge on any atom is 0.0668 e. The monoisotopic (exact) mass is 120 g/mol. The van der Waals surface area contributed by atoms with E-state index in [1.54, 1.807) is 0 Å². The summed E-state index contributed by atoms with van der Waals surface area (Å²) in [6.07, 6.45) is 0. The van der Waals surface area contributed by atoms with Gasteiger partial charge in [0.05, 0.1) is 20.6 Å². The topological polar surface area (TPSA) is 14.1 Å². The predicted octanol–water partition coefficient (Wildman–Crippen LogP) is 1.16. The van der Waals surface area contributed by atoms with E-state index in [0.717, 1.165) is 11.1 Å². The number of hydrogen-bond acceptors (Lipinski definition) is 0. The summed E-state index contributed by atoms with van der Waals surface area (Å²) in [6.45, 7) is 3.15. The summed E-state index contributed by atoms with van der Waals surface area (Å²) in [4.78, 5) is 0. The smallest absolute Gasteiger partial charge is 0.0668 e. The number of quaternary nitrogens is 1. The van der Waals surface area contributed by atoms with Gasteiger partial charge < -0.3 is 9.79 Å². The van der Waals surface area contributed by atoms with E-state index in [2.05, 4.69) is 21.5 Å². The van der Waals surface area contributed by atoms with Gasteiger partial charge in [-0.2, -0.15) is 0 Å². The van der Waals surface area contributed by atoms with Gasteiger partial charge in [-0.1, -0.05) is 0 Å². The molecule has 2 nitrogen and oxygen atoms in total. The fourth-order valence-corrected chi connectivity index (χ4v) is 0.245. The average Bonchev–Trinajstić information content (AvgIpc) is 1.68. The van der Waals surface area contributed by atoms with Gasteiger partial charge in [0.25, 0.3) is 0 Å². The molecule has 1 atom stereocenters. The Hall–Kier alpha value is 0.350. The first-order chi connectivity index (χ1) is 3.12. The zero-order valence-corrected chi connectivity index (χ0v) is 6.33. The SMILES string of the molecule is CC[N+](C)(C)[N-]P. The van der Waals surface area contributed by atoms with Crippen molar-refractivity contribution in [1.29, 1.82) is 0 Å². The first-order valence-corrected chi connectivity index (χ1v) is 2.89. The van der Waals surface area contributed by atoms with Crippen LogP contribution in [0.15, 0.2) is 0 Å². The third kappa shape index (κ3) is 2.98. The minimum absolute atomic E-state index is 0.727. The molecule has 0 bridgehead atoms. The lowest BCUT2D eigenvalue weighted by molar-refractivity contribution is -0.843. The van der Waals surface area contributed by atoms with E-state index in [1.807, 2.05) is 14.1 Å². The summed E-state index contributed by atoms with van der Waals surface area (Å²) in [5.41, 5.74) is 0. The van der Waals surface area contributed by atoms with Crippen LogP contribution in [-0.4, -0.2) is 25.2 Å². The number of hydrogen-bond donors (Lipinski definition) is 0. The molecular weight excluding hydrogens is 107 g/mol. The van der Waals surface area contributed by atoms with E-state index in [1.165, 1.54) is 0 Å². The molecule has 0 aliphatic carbocycles. The maximum atomic E-state index is 3.99. The van der Waals surface area contributed by atoms with Crippen LogP contribution in [0.4, 0.5) is 0 Å². The third-order valence-corrected chi connectivity index (χ3v) is 1.71. The molecule has 0 aromatic heterocycles. The van der Waals surface area contributed by atoms with Crippen molar-refractivity contribution < 1.29 is 4.59 Å². The van der Waals surface area contributed by atoms with Gasteiger partial charge in [0, 0.05) is 0 Å². The Bertz CT molecular complexity index is 47.7. The maximum absolute atomic E-state index is 3.99. The molecule has 7 heavy (non-hydrogen) atoms. The Morgan fingerprint density at radius 3 is 2.00 bits per heavy atom. The second kappa shape index (κ2) is 2.61. The molecule has 0 aliphatic rings. The Kier molecular flexibility index (Phi) is 2.74. The Balaban J connectivity index is 3.36. The van der Waals surface area contributed by atoms with Crippen molar-refractivity contribution in [2.24, 2.45) is 0 Å². The van der Waals surface area contributed by atoms with Crippen molar-refractivity contribution in [3.8, 4) is 0 Å². The van der Waals surface area contributed by atoms with Crippen LogP contribution >= 0.6 is 9.39 Å². The number of rotatable bonds is 2. The zero-order valence-electron chi connectivity index (χ0n) is 5.18. The lowest BCUT2D eigenvalue weighted by Gasteiger charge is -2.38. The van der Waals surface area contributed by atoms with Gasteiger partial charge in [0.1, 0.15) is 0 Å². The standard InChI is InChI=1S/C4H13N2P/c1-4-6(2,3)5-7/h4,7H2,1-3H3. The van der Waals surface area contributed by atoms with E-state index in [9.17, 15) is 0 Å². The molecular formula is C4H13N2P. The minimum atomic E-state index is 0.727. The fraction of sp³-hybridized carbons (Fsp3) is 1.00. The van der Waals surface area contributed by atoms with Crippen molar-refractivity contribution in [3.63, 3.8) is 0 Å². The molecule has 44 valence electrons. The van der Waals surface area contributed by atoms with Gasteiger partial charge in [-0.25, -0.2) is 9.39 Å². The van der Waals surface area contributed by atoms with Crippen molar-refractivity contribution in [2.75, 3.05) is 20.6 Å². The predicted molar refractivity (Wildman–Crippen MR) is 35.7 cm³/mol. The van der Waals surface area contributed by atoms with Crippen molar-refractivity contribution in [3.05, 3.63) is 5.20 Å². The van der Waals surface area contributed by atoms with Crippen molar-refractivity contribution in [2.45, 2.75) is 6.92 Å². The van der Waals surface area contributed by atoms with Gasteiger partial charge in [0.15, 0.2) is 0 Å². The van der Waals surface area contributed by atoms with Gasteiger partial charge in [-0.3, -0.25) is 0 Å². The highest BCUT2D eigenvalue weighted by Gasteiger charge is 1.94. The van der Waals surface area contributed by atoms with Crippen LogP contribution in [0.5, 0.6) is 0 Å². The molecule has 0 radical (unpaired) electrons. The van der Waals surface area contributed by atoms with Crippen molar-refractivity contribution >= 4 is 9.39 Å². The van der Waals surface area contributed by atoms with Crippen LogP contribution in [0.3, 0.4) is 0 Å². The van der Waals surface area contributed by atoms with Crippen LogP contribution < -0.4 is 0 Å². The summed E-state index contributed by atoms with van der Waals surface area (Å²) in [5, 5.41) is 3.99. The largest absolute Gasteiger partial charge is 0.433 e. The zero-order chi connectivity index (χ0) is 5.91. The summed E-state index contributed by atoms with van der Waals surface area (Å²) >= 11 is 0. The number of nitrogens with zero attached hydrogens (tertiary/aromatic N) is 2. The molecule has 0 amide bonds. The molecule has 3 heteroatoms. The molecule has 0 aromatic rings. The van der Waals surface area contributed by atoms with Gasteiger partial charge >= 0.3 is 0 Å². The highest BCUT2D eigenvalue weighted by atomic mass is 31.0. The molecule has 0 rings (SSSR count).